The van der Waals surface area contributed by atoms with Gasteiger partial charge in [-0.2, -0.15) is 0 Å². The van der Waals surface area contributed by atoms with E-state index in [1.807, 2.05) is 11.3 Å². The molecule has 1 aromatic heterocycles. The molecule has 3 heteroatoms. The third kappa shape index (κ3) is 3.59. The first-order valence-corrected chi connectivity index (χ1v) is 8.73. The first-order valence-electron chi connectivity index (χ1n) is 7.85. The van der Waals surface area contributed by atoms with Crippen molar-refractivity contribution in [3.05, 3.63) is 22.4 Å². The average Bonchev–Trinajstić information content (AvgIpc) is 3.14. The van der Waals surface area contributed by atoms with Crippen LogP contribution in [0.15, 0.2) is 17.5 Å². The summed E-state index contributed by atoms with van der Waals surface area (Å²) >= 11 is 1.91. The summed E-state index contributed by atoms with van der Waals surface area (Å²) in [5, 5.41) is 6.06. The lowest BCUT2D eigenvalue weighted by Crippen LogP contribution is -2.44. The normalized spacial score (nSPS) is 24.3. The predicted molar refractivity (Wildman–Crippen MR) is 82.7 cm³/mol. The van der Waals surface area contributed by atoms with Crippen LogP contribution in [0.2, 0.25) is 0 Å². The van der Waals surface area contributed by atoms with E-state index in [1.54, 1.807) is 0 Å². The lowest BCUT2D eigenvalue weighted by atomic mass is 10.1. The smallest absolute Gasteiger partial charge is 0.0443 e. The third-order valence-corrected chi connectivity index (χ3v) is 5.55. The topological polar surface area (TPSA) is 15.3 Å². The Kier molecular flexibility index (Phi) is 4.57. The third-order valence-electron chi connectivity index (χ3n) is 4.59. The maximum Gasteiger partial charge on any atom is 0.0443 e. The van der Waals surface area contributed by atoms with Gasteiger partial charge in [-0.3, -0.25) is 4.90 Å². The summed E-state index contributed by atoms with van der Waals surface area (Å²) in [6.45, 7) is 6.13. The van der Waals surface area contributed by atoms with Gasteiger partial charge in [-0.05, 0) is 63.1 Å². The molecule has 1 aliphatic heterocycles. The second-order valence-electron chi connectivity index (χ2n) is 6.18. The molecule has 0 radical (unpaired) electrons. The Morgan fingerprint density at radius 2 is 2.11 bits per heavy atom. The Labute approximate surface area is 121 Å². The zero-order valence-electron chi connectivity index (χ0n) is 12.0. The molecular formula is C16H26N2S. The zero-order valence-corrected chi connectivity index (χ0v) is 12.8. The zero-order chi connectivity index (χ0) is 13.1. The van der Waals surface area contributed by atoms with E-state index in [0.717, 1.165) is 12.5 Å². The molecule has 1 aromatic rings. The molecule has 2 heterocycles. The molecule has 1 saturated heterocycles. The fraction of sp³-hybridized carbons (Fsp3) is 0.750. The van der Waals surface area contributed by atoms with Crippen molar-refractivity contribution in [3.8, 4) is 0 Å². The van der Waals surface area contributed by atoms with Gasteiger partial charge in [0.1, 0.15) is 0 Å². The molecule has 2 unspecified atom stereocenters. The van der Waals surface area contributed by atoms with Gasteiger partial charge in [0.2, 0.25) is 0 Å². The van der Waals surface area contributed by atoms with Crippen molar-refractivity contribution in [2.45, 2.75) is 51.1 Å². The van der Waals surface area contributed by atoms with Gasteiger partial charge in [-0.25, -0.2) is 0 Å². The molecule has 0 bridgehead atoms. The van der Waals surface area contributed by atoms with Crippen molar-refractivity contribution in [3.63, 3.8) is 0 Å². The van der Waals surface area contributed by atoms with Crippen molar-refractivity contribution in [2.24, 2.45) is 5.92 Å². The number of thiophene rings is 1. The molecule has 2 nitrogen and oxygen atoms in total. The number of likely N-dealkylation sites (tertiary alicyclic amines) is 1. The summed E-state index contributed by atoms with van der Waals surface area (Å²) in [6.07, 6.45) is 7.03. The van der Waals surface area contributed by atoms with E-state index < -0.39 is 0 Å². The molecule has 19 heavy (non-hydrogen) atoms. The Bertz CT molecular complexity index is 366. The van der Waals surface area contributed by atoms with E-state index in [0.29, 0.717) is 12.1 Å². The number of hydrogen-bond acceptors (Lipinski definition) is 3. The molecule has 1 aliphatic carbocycles. The Balaban J connectivity index is 1.51. The Morgan fingerprint density at radius 3 is 2.74 bits per heavy atom. The highest BCUT2D eigenvalue weighted by Gasteiger charge is 2.33. The molecule has 2 fully saturated rings. The van der Waals surface area contributed by atoms with Crippen LogP contribution in [0, 0.1) is 5.92 Å². The summed E-state index contributed by atoms with van der Waals surface area (Å²) < 4.78 is 0. The molecule has 1 N–H and O–H groups in total. The predicted octanol–water partition coefficient (Wildman–Crippen LogP) is 3.66. The molecule has 0 amide bonds. The van der Waals surface area contributed by atoms with Crippen molar-refractivity contribution >= 4 is 11.3 Å². The van der Waals surface area contributed by atoms with Gasteiger partial charge in [0.15, 0.2) is 0 Å². The van der Waals surface area contributed by atoms with Crippen molar-refractivity contribution in [1.29, 1.82) is 0 Å². The van der Waals surface area contributed by atoms with Crippen LogP contribution >= 0.6 is 11.3 Å². The number of nitrogens with zero attached hydrogens (tertiary/aromatic N) is 1. The second kappa shape index (κ2) is 6.38. The lowest BCUT2D eigenvalue weighted by molar-refractivity contribution is 0.167. The van der Waals surface area contributed by atoms with Crippen LogP contribution in [0.1, 0.15) is 49.9 Å². The quantitative estimate of drug-likeness (QED) is 0.854. The fourth-order valence-corrected chi connectivity index (χ4v) is 4.08. The van der Waals surface area contributed by atoms with Crippen LogP contribution in [-0.4, -0.2) is 30.6 Å². The molecular weight excluding hydrogens is 252 g/mol. The van der Waals surface area contributed by atoms with Crippen LogP contribution < -0.4 is 5.32 Å². The fourth-order valence-electron chi connectivity index (χ4n) is 3.18. The van der Waals surface area contributed by atoms with E-state index in [-0.39, 0.29) is 0 Å². The SMILES string of the molecule is CC(CNC(c1cccs1)C1CC1)N1CCCCC1. The minimum Gasteiger partial charge on any atom is -0.307 e. The highest BCUT2D eigenvalue weighted by Crippen LogP contribution is 2.42. The average molecular weight is 278 g/mol. The van der Waals surface area contributed by atoms with E-state index in [4.69, 9.17) is 0 Å². The monoisotopic (exact) mass is 278 g/mol. The van der Waals surface area contributed by atoms with Crippen LogP contribution in [0.3, 0.4) is 0 Å². The maximum absolute atomic E-state index is 3.85. The number of nitrogens with one attached hydrogen (secondary N) is 1. The van der Waals surface area contributed by atoms with Gasteiger partial charge in [0.25, 0.3) is 0 Å². The van der Waals surface area contributed by atoms with E-state index in [1.165, 1.54) is 50.1 Å². The standard InChI is InChI=1S/C16H26N2S/c1-13(18-9-3-2-4-10-18)12-17-16(14-7-8-14)15-6-5-11-19-15/h5-6,11,13-14,16-17H,2-4,7-10,12H2,1H3. The lowest BCUT2D eigenvalue weighted by Gasteiger charge is -2.33. The number of hydrogen-bond donors (Lipinski definition) is 1. The van der Waals surface area contributed by atoms with Crippen molar-refractivity contribution in [2.75, 3.05) is 19.6 Å². The van der Waals surface area contributed by atoms with E-state index in [2.05, 4.69) is 34.7 Å². The largest absolute Gasteiger partial charge is 0.307 e. The molecule has 2 atom stereocenters. The highest BCUT2D eigenvalue weighted by atomic mass is 32.1. The van der Waals surface area contributed by atoms with Crippen LogP contribution in [0.5, 0.6) is 0 Å². The molecule has 1 saturated carbocycles. The first-order chi connectivity index (χ1) is 9.34. The molecule has 106 valence electrons. The van der Waals surface area contributed by atoms with Gasteiger partial charge in [-0.1, -0.05) is 12.5 Å². The molecule has 0 spiro atoms. The van der Waals surface area contributed by atoms with Gasteiger partial charge < -0.3 is 5.32 Å². The number of piperidine rings is 1. The summed E-state index contributed by atoms with van der Waals surface area (Å²) in [5.41, 5.74) is 0. The molecule has 2 aliphatic rings. The minimum absolute atomic E-state index is 0.618. The van der Waals surface area contributed by atoms with Gasteiger partial charge in [0.05, 0.1) is 0 Å². The second-order valence-corrected chi connectivity index (χ2v) is 7.16. The van der Waals surface area contributed by atoms with E-state index >= 15 is 0 Å². The summed E-state index contributed by atoms with van der Waals surface area (Å²) in [4.78, 5) is 4.20. The Morgan fingerprint density at radius 1 is 1.32 bits per heavy atom. The summed E-state index contributed by atoms with van der Waals surface area (Å²) in [5.74, 6) is 0.896. The van der Waals surface area contributed by atoms with Crippen molar-refractivity contribution < 1.29 is 0 Å². The summed E-state index contributed by atoms with van der Waals surface area (Å²) in [7, 11) is 0. The van der Waals surface area contributed by atoms with Gasteiger partial charge in [-0.15, -0.1) is 11.3 Å². The number of rotatable bonds is 6. The van der Waals surface area contributed by atoms with Crippen molar-refractivity contribution in [1.82, 2.24) is 10.2 Å². The van der Waals surface area contributed by atoms with Crippen LogP contribution in [0.25, 0.3) is 0 Å². The molecule has 3 rings (SSSR count). The maximum atomic E-state index is 3.85. The van der Waals surface area contributed by atoms with Crippen LogP contribution in [-0.2, 0) is 0 Å². The van der Waals surface area contributed by atoms with E-state index in [9.17, 15) is 0 Å². The van der Waals surface area contributed by atoms with Gasteiger partial charge in [0, 0.05) is 23.5 Å². The van der Waals surface area contributed by atoms with Gasteiger partial charge >= 0.3 is 0 Å². The minimum atomic E-state index is 0.618. The highest BCUT2D eigenvalue weighted by molar-refractivity contribution is 7.10. The first kappa shape index (κ1) is 13.6. The Hall–Kier alpha value is -0.380. The summed E-state index contributed by atoms with van der Waals surface area (Å²) in [6, 6.07) is 5.78. The molecule has 0 aromatic carbocycles. The van der Waals surface area contributed by atoms with Crippen LogP contribution in [0.4, 0.5) is 0 Å².